The molecule has 1 aromatic carbocycles. The molecule has 1 amide bonds. The first kappa shape index (κ1) is 15.1. The van der Waals surface area contributed by atoms with E-state index in [1.54, 1.807) is 19.1 Å². The van der Waals surface area contributed by atoms with Gasteiger partial charge in [-0.25, -0.2) is 8.42 Å². The summed E-state index contributed by atoms with van der Waals surface area (Å²) in [6.45, 7) is 1.73. The Labute approximate surface area is 123 Å². The highest BCUT2D eigenvalue weighted by Crippen LogP contribution is 2.26. The third-order valence-electron chi connectivity index (χ3n) is 3.32. The molecule has 7 heteroatoms. The van der Waals surface area contributed by atoms with Crippen LogP contribution in [-0.4, -0.2) is 38.5 Å². The summed E-state index contributed by atoms with van der Waals surface area (Å²) in [5.41, 5.74) is -0.450. The Morgan fingerprint density at radius 2 is 2.15 bits per heavy atom. The number of hydrogen-bond acceptors (Lipinski definition) is 4. The SMILES string of the molecule is COc1ccc(Cl)cc1C(=O)NC1(C)CCS(=O)(=O)C1. The van der Waals surface area contributed by atoms with Crippen molar-refractivity contribution in [3.05, 3.63) is 28.8 Å². The fraction of sp³-hybridized carbons (Fsp3) is 0.462. The summed E-state index contributed by atoms with van der Waals surface area (Å²) in [5.74, 6) is 0.0609. The molecule has 0 radical (unpaired) electrons. The smallest absolute Gasteiger partial charge is 0.255 e. The van der Waals surface area contributed by atoms with Gasteiger partial charge in [0.2, 0.25) is 0 Å². The second-order valence-corrected chi connectivity index (χ2v) is 7.82. The Hall–Kier alpha value is -1.27. The van der Waals surface area contributed by atoms with Crippen molar-refractivity contribution in [2.24, 2.45) is 0 Å². The lowest BCUT2D eigenvalue weighted by atomic mass is 10.0. The highest BCUT2D eigenvalue weighted by molar-refractivity contribution is 7.91. The van der Waals surface area contributed by atoms with E-state index in [1.165, 1.54) is 13.2 Å². The van der Waals surface area contributed by atoms with E-state index < -0.39 is 15.4 Å². The lowest BCUT2D eigenvalue weighted by Gasteiger charge is -2.24. The molecule has 0 saturated carbocycles. The van der Waals surface area contributed by atoms with Gasteiger partial charge in [-0.1, -0.05) is 11.6 Å². The van der Waals surface area contributed by atoms with Crippen molar-refractivity contribution in [2.75, 3.05) is 18.6 Å². The van der Waals surface area contributed by atoms with E-state index in [-0.39, 0.29) is 17.4 Å². The molecule has 1 atom stereocenters. The van der Waals surface area contributed by atoms with Gasteiger partial charge in [0.05, 0.1) is 29.7 Å². The van der Waals surface area contributed by atoms with Gasteiger partial charge in [-0.05, 0) is 31.5 Å². The van der Waals surface area contributed by atoms with E-state index in [2.05, 4.69) is 5.32 Å². The molecule has 1 aliphatic rings. The van der Waals surface area contributed by atoms with E-state index in [9.17, 15) is 13.2 Å². The minimum atomic E-state index is -3.08. The monoisotopic (exact) mass is 317 g/mol. The Balaban J connectivity index is 2.23. The van der Waals surface area contributed by atoms with Crippen molar-refractivity contribution in [1.82, 2.24) is 5.32 Å². The molecule has 1 heterocycles. The number of rotatable bonds is 3. The summed E-state index contributed by atoms with van der Waals surface area (Å²) < 4.78 is 28.2. The van der Waals surface area contributed by atoms with Gasteiger partial charge in [0.1, 0.15) is 5.75 Å². The number of carbonyl (C=O) groups is 1. The van der Waals surface area contributed by atoms with Crippen molar-refractivity contribution >= 4 is 27.3 Å². The van der Waals surface area contributed by atoms with Crippen LogP contribution in [0.5, 0.6) is 5.75 Å². The summed E-state index contributed by atoms with van der Waals surface area (Å²) in [6.07, 6.45) is 0.407. The van der Waals surface area contributed by atoms with Crippen molar-refractivity contribution < 1.29 is 17.9 Å². The van der Waals surface area contributed by atoms with E-state index in [4.69, 9.17) is 16.3 Å². The summed E-state index contributed by atoms with van der Waals surface area (Å²) in [6, 6.07) is 4.73. The molecule has 1 aliphatic heterocycles. The van der Waals surface area contributed by atoms with Gasteiger partial charge < -0.3 is 10.1 Å². The van der Waals surface area contributed by atoms with Gasteiger partial charge >= 0.3 is 0 Å². The van der Waals surface area contributed by atoms with Crippen molar-refractivity contribution in [3.63, 3.8) is 0 Å². The second-order valence-electron chi connectivity index (χ2n) is 5.20. The first-order valence-corrected chi connectivity index (χ1v) is 8.31. The summed E-state index contributed by atoms with van der Waals surface area (Å²) in [5, 5.41) is 3.19. The average Bonchev–Trinajstić information content (AvgIpc) is 2.63. The molecule has 0 spiro atoms. The van der Waals surface area contributed by atoms with Crippen LogP contribution in [0.25, 0.3) is 0 Å². The third kappa shape index (κ3) is 3.24. The first-order chi connectivity index (χ1) is 9.25. The molecule has 0 bridgehead atoms. The molecule has 1 fully saturated rings. The normalized spacial score (nSPS) is 24.4. The number of halogens is 1. The van der Waals surface area contributed by atoms with E-state index >= 15 is 0 Å². The van der Waals surface area contributed by atoms with Crippen LogP contribution in [0.3, 0.4) is 0 Å². The van der Waals surface area contributed by atoms with Crippen molar-refractivity contribution in [2.45, 2.75) is 18.9 Å². The second kappa shape index (κ2) is 5.26. The van der Waals surface area contributed by atoms with E-state index in [0.29, 0.717) is 22.8 Å². The summed E-state index contributed by atoms with van der Waals surface area (Å²) in [7, 11) is -1.62. The molecule has 2 rings (SSSR count). The van der Waals surface area contributed by atoms with Crippen LogP contribution in [0.1, 0.15) is 23.7 Å². The summed E-state index contributed by atoms with van der Waals surface area (Å²) in [4.78, 5) is 12.3. The van der Waals surface area contributed by atoms with Gasteiger partial charge in [-0.3, -0.25) is 4.79 Å². The zero-order chi connectivity index (χ0) is 15.0. The Morgan fingerprint density at radius 1 is 1.45 bits per heavy atom. The minimum Gasteiger partial charge on any atom is -0.496 e. The first-order valence-electron chi connectivity index (χ1n) is 6.11. The number of methoxy groups -OCH3 is 1. The van der Waals surface area contributed by atoms with Gasteiger partial charge in [-0.2, -0.15) is 0 Å². The third-order valence-corrected chi connectivity index (χ3v) is 5.46. The van der Waals surface area contributed by atoms with Crippen LogP contribution in [0.15, 0.2) is 18.2 Å². The van der Waals surface area contributed by atoms with Crippen molar-refractivity contribution in [3.8, 4) is 5.75 Å². The fourth-order valence-corrected chi connectivity index (χ4v) is 4.57. The number of amides is 1. The molecular weight excluding hydrogens is 302 g/mol. The van der Waals surface area contributed by atoms with Crippen LogP contribution < -0.4 is 10.1 Å². The quantitative estimate of drug-likeness (QED) is 0.920. The van der Waals surface area contributed by atoms with Gasteiger partial charge in [0, 0.05) is 5.02 Å². The fourth-order valence-electron chi connectivity index (χ4n) is 2.31. The number of ether oxygens (including phenoxy) is 1. The maximum Gasteiger partial charge on any atom is 0.255 e. The number of sulfone groups is 1. The van der Waals surface area contributed by atoms with Crippen LogP contribution in [0, 0.1) is 0 Å². The topological polar surface area (TPSA) is 72.5 Å². The van der Waals surface area contributed by atoms with Gasteiger partial charge in [-0.15, -0.1) is 0 Å². The van der Waals surface area contributed by atoms with E-state index in [1.807, 2.05) is 0 Å². The van der Waals surface area contributed by atoms with Crippen LogP contribution >= 0.6 is 11.6 Å². The lowest BCUT2D eigenvalue weighted by molar-refractivity contribution is 0.0912. The molecule has 1 unspecified atom stereocenters. The number of benzene rings is 1. The molecular formula is C13H16ClNO4S. The number of hydrogen-bond donors (Lipinski definition) is 1. The highest BCUT2D eigenvalue weighted by Gasteiger charge is 2.39. The molecule has 1 N–H and O–H groups in total. The van der Waals surface area contributed by atoms with Crippen LogP contribution in [0.4, 0.5) is 0 Å². The van der Waals surface area contributed by atoms with Crippen LogP contribution in [-0.2, 0) is 9.84 Å². The number of carbonyl (C=O) groups excluding carboxylic acids is 1. The predicted octanol–water partition coefficient (Wildman–Crippen LogP) is 1.66. The predicted molar refractivity (Wildman–Crippen MR) is 77.1 cm³/mol. The molecule has 5 nitrogen and oxygen atoms in total. The number of nitrogens with one attached hydrogen (secondary N) is 1. The maximum atomic E-state index is 12.3. The standard InChI is InChI=1S/C13H16ClNO4S/c1-13(5-6-20(17,18)8-13)15-12(16)10-7-9(14)3-4-11(10)19-2/h3-4,7H,5-6,8H2,1-2H3,(H,15,16). The maximum absolute atomic E-state index is 12.3. The molecule has 1 saturated heterocycles. The lowest BCUT2D eigenvalue weighted by Crippen LogP contribution is -2.47. The minimum absolute atomic E-state index is 0.0470. The molecule has 1 aromatic rings. The van der Waals surface area contributed by atoms with Gasteiger partial charge in [0.25, 0.3) is 5.91 Å². The summed E-state index contributed by atoms with van der Waals surface area (Å²) >= 11 is 5.88. The molecule has 110 valence electrons. The Morgan fingerprint density at radius 3 is 2.70 bits per heavy atom. The van der Waals surface area contributed by atoms with Gasteiger partial charge in [0.15, 0.2) is 9.84 Å². The molecule has 20 heavy (non-hydrogen) atoms. The largest absolute Gasteiger partial charge is 0.496 e. The Bertz CT molecular complexity index is 644. The highest BCUT2D eigenvalue weighted by atomic mass is 35.5. The zero-order valence-electron chi connectivity index (χ0n) is 11.3. The van der Waals surface area contributed by atoms with E-state index in [0.717, 1.165) is 0 Å². The molecule has 0 aromatic heterocycles. The average molecular weight is 318 g/mol. The Kier molecular flexibility index (Phi) is 3.97. The molecule has 0 aliphatic carbocycles. The zero-order valence-corrected chi connectivity index (χ0v) is 12.8. The van der Waals surface area contributed by atoms with Crippen molar-refractivity contribution in [1.29, 1.82) is 0 Å². The van der Waals surface area contributed by atoms with Crippen LogP contribution in [0.2, 0.25) is 5.02 Å².